The molecule has 9 heteroatoms. The fraction of sp³-hybridized carbons (Fsp3) is 0.467. The molecule has 3 rings (SSSR count). The van der Waals surface area contributed by atoms with Gasteiger partial charge in [-0.3, -0.25) is 10.7 Å². The third-order valence-electron chi connectivity index (χ3n) is 4.48. The van der Waals surface area contributed by atoms with Gasteiger partial charge in [0.25, 0.3) is 0 Å². The van der Waals surface area contributed by atoms with Gasteiger partial charge in [-0.1, -0.05) is 5.92 Å². The van der Waals surface area contributed by atoms with Crippen molar-refractivity contribution in [2.45, 2.75) is 31.0 Å². The maximum Gasteiger partial charge on any atom is 0.167 e. The molecule has 1 fully saturated rings. The molecule has 3 heterocycles. The average Bonchev–Trinajstić information content (AvgIpc) is 3.11. The summed E-state index contributed by atoms with van der Waals surface area (Å²) >= 11 is 0. The Kier molecular flexibility index (Phi) is 4.16. The lowest BCUT2D eigenvalue weighted by atomic mass is 9.96. The van der Waals surface area contributed by atoms with Gasteiger partial charge >= 0.3 is 0 Å². The number of methoxy groups -OCH3 is 1. The SMILES string of the molecule is C#Cc1cn([C@@H]2OC(CO)C(O)[C@@]2(C)OC)c2ncnc(NO)c12. The number of nitrogens with zero attached hydrogens (tertiary/aromatic N) is 3. The van der Waals surface area contributed by atoms with E-state index in [0.717, 1.165) is 0 Å². The van der Waals surface area contributed by atoms with Crippen molar-refractivity contribution in [2.75, 3.05) is 19.2 Å². The van der Waals surface area contributed by atoms with Gasteiger partial charge in [0.15, 0.2) is 12.0 Å². The summed E-state index contributed by atoms with van der Waals surface area (Å²) in [4.78, 5) is 8.14. The number of nitrogens with one attached hydrogen (secondary N) is 1. The van der Waals surface area contributed by atoms with E-state index in [1.54, 1.807) is 17.7 Å². The second-order valence-electron chi connectivity index (χ2n) is 5.67. The van der Waals surface area contributed by atoms with Crippen molar-refractivity contribution in [1.82, 2.24) is 14.5 Å². The number of fused-ring (bicyclic) bond motifs is 1. The van der Waals surface area contributed by atoms with Gasteiger partial charge in [0.2, 0.25) is 0 Å². The maximum atomic E-state index is 10.4. The van der Waals surface area contributed by atoms with Crippen molar-refractivity contribution >= 4 is 16.9 Å². The minimum Gasteiger partial charge on any atom is -0.394 e. The smallest absolute Gasteiger partial charge is 0.167 e. The second-order valence-corrected chi connectivity index (χ2v) is 5.67. The summed E-state index contributed by atoms with van der Waals surface area (Å²) < 4.78 is 12.9. The number of hydrogen-bond acceptors (Lipinski definition) is 8. The molecule has 0 amide bonds. The van der Waals surface area contributed by atoms with Crippen molar-refractivity contribution in [2.24, 2.45) is 0 Å². The molecule has 1 aliphatic rings. The Morgan fingerprint density at radius 1 is 1.54 bits per heavy atom. The zero-order valence-corrected chi connectivity index (χ0v) is 13.2. The lowest BCUT2D eigenvalue weighted by molar-refractivity contribution is -0.118. The first-order valence-electron chi connectivity index (χ1n) is 7.23. The minimum absolute atomic E-state index is 0.156. The molecule has 1 aliphatic heterocycles. The predicted molar refractivity (Wildman–Crippen MR) is 83.3 cm³/mol. The highest BCUT2D eigenvalue weighted by molar-refractivity contribution is 5.92. The van der Waals surface area contributed by atoms with Gasteiger partial charge in [0.1, 0.15) is 29.8 Å². The van der Waals surface area contributed by atoms with Crippen LogP contribution < -0.4 is 5.48 Å². The van der Waals surface area contributed by atoms with E-state index >= 15 is 0 Å². The van der Waals surface area contributed by atoms with Crippen molar-refractivity contribution in [3.63, 3.8) is 0 Å². The lowest BCUT2D eigenvalue weighted by Gasteiger charge is -2.31. The summed E-state index contributed by atoms with van der Waals surface area (Å²) in [6.45, 7) is 1.31. The Morgan fingerprint density at radius 3 is 2.88 bits per heavy atom. The highest BCUT2D eigenvalue weighted by atomic mass is 16.6. The average molecular weight is 334 g/mol. The molecule has 2 unspecified atom stereocenters. The molecule has 0 bridgehead atoms. The van der Waals surface area contributed by atoms with Crippen LogP contribution in [0.4, 0.5) is 5.82 Å². The first-order valence-corrected chi connectivity index (χ1v) is 7.23. The van der Waals surface area contributed by atoms with Gasteiger partial charge in [0.05, 0.1) is 17.6 Å². The molecule has 128 valence electrons. The predicted octanol–water partition coefficient (Wildman–Crippen LogP) is -0.131. The number of aromatic nitrogens is 3. The third kappa shape index (κ3) is 2.16. The maximum absolute atomic E-state index is 10.4. The molecule has 0 aromatic carbocycles. The van der Waals surface area contributed by atoms with Crippen molar-refractivity contribution < 1.29 is 24.9 Å². The van der Waals surface area contributed by atoms with Crippen LogP contribution in [-0.2, 0) is 9.47 Å². The summed E-state index contributed by atoms with van der Waals surface area (Å²) in [7, 11) is 1.45. The van der Waals surface area contributed by atoms with Crippen molar-refractivity contribution in [3.8, 4) is 12.3 Å². The molecule has 24 heavy (non-hydrogen) atoms. The highest BCUT2D eigenvalue weighted by Gasteiger charge is 2.54. The van der Waals surface area contributed by atoms with E-state index in [2.05, 4.69) is 15.9 Å². The van der Waals surface area contributed by atoms with Crippen molar-refractivity contribution in [1.29, 1.82) is 0 Å². The monoisotopic (exact) mass is 334 g/mol. The van der Waals surface area contributed by atoms with Crippen LogP contribution in [0, 0.1) is 12.3 Å². The van der Waals surface area contributed by atoms with E-state index in [1.807, 2.05) is 5.48 Å². The molecule has 0 spiro atoms. The summed E-state index contributed by atoms with van der Waals surface area (Å²) in [6.07, 6.45) is 5.75. The Bertz CT molecular complexity index is 801. The molecule has 0 saturated carbocycles. The standard InChI is InChI=1S/C15H18N4O5/c1-4-8-5-19(13-10(8)12(18-22)16-7-17-13)14-15(2,23-3)11(21)9(6-20)24-14/h1,5,7,9,11,14,20-22H,6H2,2-3H3,(H,16,17,18)/t9?,11?,14-,15-/m1/s1. The van der Waals surface area contributed by atoms with Gasteiger partial charge in [-0.05, 0) is 6.92 Å². The summed E-state index contributed by atoms with van der Waals surface area (Å²) in [5.74, 6) is 2.67. The summed E-state index contributed by atoms with van der Waals surface area (Å²) in [6, 6.07) is 0. The fourth-order valence-electron chi connectivity index (χ4n) is 3.05. The van der Waals surface area contributed by atoms with Gasteiger partial charge in [-0.2, -0.15) is 0 Å². The van der Waals surface area contributed by atoms with Crippen LogP contribution in [0.3, 0.4) is 0 Å². The number of terminal acetylenes is 1. The summed E-state index contributed by atoms with van der Waals surface area (Å²) in [5, 5.41) is 29.5. The normalized spacial score (nSPS) is 29.8. The summed E-state index contributed by atoms with van der Waals surface area (Å²) in [5.41, 5.74) is 1.69. The molecule has 2 aromatic heterocycles. The van der Waals surface area contributed by atoms with E-state index in [-0.39, 0.29) is 12.4 Å². The van der Waals surface area contributed by atoms with Crippen LogP contribution in [0.1, 0.15) is 18.7 Å². The molecule has 2 aromatic rings. The number of anilines is 1. The molecular weight excluding hydrogens is 316 g/mol. The number of aliphatic hydroxyl groups excluding tert-OH is 2. The van der Waals surface area contributed by atoms with Gasteiger partial charge in [-0.25, -0.2) is 9.97 Å². The number of aliphatic hydroxyl groups is 2. The number of hydrogen-bond donors (Lipinski definition) is 4. The van der Waals surface area contributed by atoms with Crippen LogP contribution in [-0.4, -0.2) is 61.5 Å². The zero-order valence-electron chi connectivity index (χ0n) is 13.2. The molecular formula is C15H18N4O5. The van der Waals surface area contributed by atoms with E-state index in [9.17, 15) is 15.4 Å². The lowest BCUT2D eigenvalue weighted by Crippen LogP contribution is -2.46. The molecule has 0 aliphatic carbocycles. The Labute approximate surface area is 137 Å². The minimum atomic E-state index is -1.14. The topological polar surface area (TPSA) is 122 Å². The first kappa shape index (κ1) is 16.6. The van der Waals surface area contributed by atoms with Crippen LogP contribution in [0.5, 0.6) is 0 Å². The van der Waals surface area contributed by atoms with E-state index in [4.69, 9.17) is 15.9 Å². The highest BCUT2D eigenvalue weighted by Crippen LogP contribution is 2.42. The van der Waals surface area contributed by atoms with Gasteiger partial charge < -0.3 is 24.3 Å². The number of rotatable bonds is 4. The molecule has 1 saturated heterocycles. The van der Waals surface area contributed by atoms with E-state index in [1.165, 1.54) is 13.4 Å². The Morgan fingerprint density at radius 2 is 2.29 bits per heavy atom. The molecule has 4 atom stereocenters. The number of ether oxygens (including phenoxy) is 2. The van der Waals surface area contributed by atoms with Crippen LogP contribution in [0.2, 0.25) is 0 Å². The first-order chi connectivity index (χ1) is 11.5. The third-order valence-corrected chi connectivity index (χ3v) is 4.48. The molecule has 0 radical (unpaired) electrons. The van der Waals surface area contributed by atoms with Gasteiger partial charge in [-0.15, -0.1) is 6.42 Å². The van der Waals surface area contributed by atoms with E-state index < -0.39 is 24.0 Å². The Hall–Kier alpha value is -2.22. The van der Waals surface area contributed by atoms with Crippen LogP contribution in [0.15, 0.2) is 12.5 Å². The Balaban J connectivity index is 2.21. The van der Waals surface area contributed by atoms with Crippen molar-refractivity contribution in [3.05, 3.63) is 18.1 Å². The zero-order chi connectivity index (χ0) is 17.5. The molecule has 9 nitrogen and oxygen atoms in total. The van der Waals surface area contributed by atoms with Crippen LogP contribution >= 0.6 is 0 Å². The second kappa shape index (κ2) is 6.01. The van der Waals surface area contributed by atoms with Crippen LogP contribution in [0.25, 0.3) is 11.0 Å². The molecule has 4 N–H and O–H groups in total. The van der Waals surface area contributed by atoms with Gasteiger partial charge in [0, 0.05) is 13.3 Å². The fourth-order valence-corrected chi connectivity index (χ4v) is 3.05. The quantitative estimate of drug-likeness (QED) is 0.451. The largest absolute Gasteiger partial charge is 0.394 e. The van der Waals surface area contributed by atoms with E-state index in [0.29, 0.717) is 16.6 Å².